The van der Waals surface area contributed by atoms with Gasteiger partial charge >= 0.3 is 0 Å². The first-order valence-electron chi connectivity index (χ1n) is 8.05. The van der Waals surface area contributed by atoms with Crippen LogP contribution in [0.2, 0.25) is 0 Å². The van der Waals surface area contributed by atoms with Gasteiger partial charge in [-0.1, -0.05) is 23.8 Å². The molecule has 0 bridgehead atoms. The molecule has 132 valence electrons. The fourth-order valence-electron chi connectivity index (χ4n) is 2.33. The number of nitrogens with one attached hydrogen (secondary N) is 2. The second-order valence-electron chi connectivity index (χ2n) is 5.66. The SMILES string of the molecule is Cc1cccc(C(=O)N/C(=C\c2cccs2)C(=O)NCc2ccco2)c1. The van der Waals surface area contributed by atoms with Crippen molar-refractivity contribution in [3.05, 3.63) is 87.6 Å². The standard InChI is InChI=1S/C20H18N2O3S/c1-14-5-2-6-15(11-14)19(23)22-18(12-17-8-4-10-26-17)20(24)21-13-16-7-3-9-25-16/h2-12H,13H2,1H3,(H,21,24)(H,22,23)/b18-12-. The molecule has 2 amide bonds. The number of carbonyl (C=O) groups excluding carboxylic acids is 2. The molecule has 0 aliphatic carbocycles. The van der Waals surface area contributed by atoms with Crippen molar-refractivity contribution in [3.8, 4) is 0 Å². The van der Waals surface area contributed by atoms with Gasteiger partial charge in [0, 0.05) is 10.4 Å². The molecule has 2 N–H and O–H groups in total. The second kappa shape index (κ2) is 8.31. The summed E-state index contributed by atoms with van der Waals surface area (Å²) >= 11 is 1.48. The van der Waals surface area contributed by atoms with E-state index in [1.54, 1.807) is 36.6 Å². The maximum absolute atomic E-state index is 12.6. The molecule has 1 aromatic carbocycles. The van der Waals surface area contributed by atoms with Crippen molar-refractivity contribution in [2.24, 2.45) is 0 Å². The first-order chi connectivity index (χ1) is 12.6. The predicted molar refractivity (Wildman–Crippen MR) is 101 cm³/mol. The molecule has 2 heterocycles. The monoisotopic (exact) mass is 366 g/mol. The minimum absolute atomic E-state index is 0.186. The molecule has 0 saturated heterocycles. The molecule has 0 fully saturated rings. The number of rotatable bonds is 6. The molecule has 2 aromatic heterocycles. The Morgan fingerprint density at radius 1 is 1.15 bits per heavy atom. The highest BCUT2D eigenvalue weighted by Crippen LogP contribution is 2.13. The quantitative estimate of drug-likeness (QED) is 0.653. The van der Waals surface area contributed by atoms with Crippen molar-refractivity contribution in [1.29, 1.82) is 0 Å². The van der Waals surface area contributed by atoms with Gasteiger partial charge in [-0.25, -0.2) is 0 Å². The van der Waals surface area contributed by atoms with E-state index in [2.05, 4.69) is 10.6 Å². The van der Waals surface area contributed by atoms with Gasteiger partial charge in [0.1, 0.15) is 11.5 Å². The van der Waals surface area contributed by atoms with Crippen molar-refractivity contribution >= 4 is 29.2 Å². The summed E-state index contributed by atoms with van der Waals surface area (Å²) in [4.78, 5) is 26.0. The average molecular weight is 366 g/mol. The summed E-state index contributed by atoms with van der Waals surface area (Å²) in [7, 11) is 0. The lowest BCUT2D eigenvalue weighted by atomic mass is 10.1. The van der Waals surface area contributed by atoms with E-state index >= 15 is 0 Å². The maximum Gasteiger partial charge on any atom is 0.268 e. The molecule has 0 saturated carbocycles. The Bertz CT molecular complexity index is 912. The summed E-state index contributed by atoms with van der Waals surface area (Å²) in [6.45, 7) is 2.16. The van der Waals surface area contributed by atoms with Gasteiger partial charge in [-0.3, -0.25) is 9.59 Å². The Hall–Kier alpha value is -3.12. The number of amides is 2. The first kappa shape index (κ1) is 17.7. The molecule has 26 heavy (non-hydrogen) atoms. The molecule has 5 nitrogen and oxygen atoms in total. The van der Waals surface area contributed by atoms with E-state index in [4.69, 9.17) is 4.42 Å². The van der Waals surface area contributed by atoms with Crippen LogP contribution in [-0.4, -0.2) is 11.8 Å². The third kappa shape index (κ3) is 4.70. The number of aryl methyl sites for hydroxylation is 1. The molecule has 6 heteroatoms. The van der Waals surface area contributed by atoms with Crippen LogP contribution in [-0.2, 0) is 11.3 Å². The largest absolute Gasteiger partial charge is 0.467 e. The van der Waals surface area contributed by atoms with Crippen molar-refractivity contribution < 1.29 is 14.0 Å². The van der Waals surface area contributed by atoms with E-state index in [-0.39, 0.29) is 24.1 Å². The molecule has 0 radical (unpaired) electrons. The van der Waals surface area contributed by atoms with Gasteiger partial charge in [0.25, 0.3) is 11.8 Å². The van der Waals surface area contributed by atoms with Gasteiger partial charge in [-0.15, -0.1) is 11.3 Å². The molecule has 0 atom stereocenters. The fraction of sp³-hybridized carbons (Fsp3) is 0.100. The normalized spacial score (nSPS) is 11.2. The van der Waals surface area contributed by atoms with Gasteiger partial charge in [0.15, 0.2) is 0 Å². The van der Waals surface area contributed by atoms with E-state index in [0.717, 1.165) is 10.4 Å². The van der Waals surface area contributed by atoms with Crippen molar-refractivity contribution in [2.45, 2.75) is 13.5 Å². The van der Waals surface area contributed by atoms with Gasteiger partial charge in [-0.05, 0) is 48.7 Å². The smallest absolute Gasteiger partial charge is 0.268 e. The number of carbonyl (C=O) groups is 2. The first-order valence-corrected chi connectivity index (χ1v) is 8.93. The Morgan fingerprint density at radius 2 is 2.04 bits per heavy atom. The number of thiophene rings is 1. The molecule has 3 rings (SSSR count). The number of benzene rings is 1. The van der Waals surface area contributed by atoms with E-state index in [1.807, 2.05) is 36.6 Å². The highest BCUT2D eigenvalue weighted by atomic mass is 32.1. The lowest BCUT2D eigenvalue weighted by molar-refractivity contribution is -0.118. The van der Waals surface area contributed by atoms with Crippen LogP contribution in [0, 0.1) is 6.92 Å². The summed E-state index contributed by atoms with van der Waals surface area (Å²) in [5.74, 6) is -0.0701. The molecule has 0 aliphatic rings. The zero-order valence-corrected chi connectivity index (χ0v) is 15.0. The lowest BCUT2D eigenvalue weighted by Crippen LogP contribution is -2.34. The van der Waals surface area contributed by atoms with Crippen LogP contribution in [0.1, 0.15) is 26.6 Å². The molecule has 0 spiro atoms. The van der Waals surface area contributed by atoms with Crippen molar-refractivity contribution in [1.82, 2.24) is 10.6 Å². The summed E-state index contributed by atoms with van der Waals surface area (Å²) in [5.41, 5.74) is 1.66. The fourth-order valence-corrected chi connectivity index (χ4v) is 2.99. The minimum atomic E-state index is -0.379. The topological polar surface area (TPSA) is 71.3 Å². The van der Waals surface area contributed by atoms with E-state index < -0.39 is 0 Å². The van der Waals surface area contributed by atoms with E-state index in [1.165, 1.54) is 11.3 Å². The van der Waals surface area contributed by atoms with Crippen LogP contribution in [0.4, 0.5) is 0 Å². The van der Waals surface area contributed by atoms with Crippen molar-refractivity contribution in [3.63, 3.8) is 0 Å². The third-order valence-corrected chi connectivity index (χ3v) is 4.43. The number of hydrogen-bond donors (Lipinski definition) is 2. The van der Waals surface area contributed by atoms with Crippen LogP contribution < -0.4 is 10.6 Å². The number of hydrogen-bond acceptors (Lipinski definition) is 4. The van der Waals surface area contributed by atoms with Gasteiger partial charge in [0.05, 0.1) is 12.8 Å². The molecule has 3 aromatic rings. The predicted octanol–water partition coefficient (Wildman–Crippen LogP) is 3.74. The molecule has 0 unspecified atom stereocenters. The zero-order chi connectivity index (χ0) is 18.4. The Labute approximate surface area is 155 Å². The van der Waals surface area contributed by atoms with E-state index in [0.29, 0.717) is 11.3 Å². The molecular formula is C20H18N2O3S. The van der Waals surface area contributed by atoms with Gasteiger partial charge < -0.3 is 15.1 Å². The summed E-state index contributed by atoms with van der Waals surface area (Å²) in [6.07, 6.45) is 3.21. The third-order valence-electron chi connectivity index (χ3n) is 3.61. The highest BCUT2D eigenvalue weighted by Gasteiger charge is 2.15. The molecule has 0 aliphatic heterocycles. The van der Waals surface area contributed by atoms with Crippen LogP contribution in [0.3, 0.4) is 0 Å². The second-order valence-corrected chi connectivity index (χ2v) is 6.64. The minimum Gasteiger partial charge on any atom is -0.467 e. The lowest BCUT2D eigenvalue weighted by Gasteiger charge is -2.10. The highest BCUT2D eigenvalue weighted by molar-refractivity contribution is 7.10. The number of furan rings is 1. The maximum atomic E-state index is 12.6. The summed E-state index contributed by atoms with van der Waals surface area (Å²) in [5, 5.41) is 7.38. The summed E-state index contributed by atoms with van der Waals surface area (Å²) in [6, 6.07) is 14.5. The van der Waals surface area contributed by atoms with Crippen LogP contribution in [0.15, 0.2) is 70.3 Å². The Morgan fingerprint density at radius 3 is 2.73 bits per heavy atom. The van der Waals surface area contributed by atoms with Gasteiger partial charge in [0.2, 0.25) is 0 Å². The zero-order valence-electron chi connectivity index (χ0n) is 14.2. The van der Waals surface area contributed by atoms with Crippen LogP contribution >= 0.6 is 11.3 Å². The Balaban J connectivity index is 1.77. The summed E-state index contributed by atoms with van der Waals surface area (Å²) < 4.78 is 5.21. The van der Waals surface area contributed by atoms with Crippen molar-refractivity contribution in [2.75, 3.05) is 0 Å². The van der Waals surface area contributed by atoms with Crippen LogP contribution in [0.5, 0.6) is 0 Å². The van der Waals surface area contributed by atoms with Gasteiger partial charge in [-0.2, -0.15) is 0 Å². The Kier molecular flexibility index (Phi) is 5.66. The molecular weight excluding hydrogens is 348 g/mol. The van der Waals surface area contributed by atoms with Crippen LogP contribution in [0.25, 0.3) is 6.08 Å². The van der Waals surface area contributed by atoms with E-state index in [9.17, 15) is 9.59 Å². The average Bonchev–Trinajstić information content (AvgIpc) is 3.33.